The number of methoxy groups -OCH3 is 1. The van der Waals surface area contributed by atoms with Gasteiger partial charge in [-0.05, 0) is 31.5 Å². The largest absolute Gasteiger partial charge is 0.383 e. The van der Waals surface area contributed by atoms with E-state index < -0.39 is 25.2 Å². The minimum Gasteiger partial charge on any atom is -0.383 e. The number of fused-ring (bicyclic) bond motifs is 2. The normalized spacial score (nSPS) is 18.8. The van der Waals surface area contributed by atoms with Gasteiger partial charge in [0.2, 0.25) is 5.95 Å². The maximum absolute atomic E-state index is 14.9. The zero-order valence-corrected chi connectivity index (χ0v) is 21.0. The number of imidazole rings is 1. The summed E-state index contributed by atoms with van der Waals surface area (Å²) in [5, 5.41) is 10.8. The van der Waals surface area contributed by atoms with Crippen LogP contribution in [0.1, 0.15) is 12.2 Å². The number of alkyl halides is 3. The highest BCUT2D eigenvalue weighted by Crippen LogP contribution is 2.31. The first-order chi connectivity index (χ1) is 17.9. The van der Waals surface area contributed by atoms with Crippen molar-refractivity contribution in [1.82, 2.24) is 34.0 Å². The van der Waals surface area contributed by atoms with Crippen LogP contribution < -0.4 is 10.6 Å². The van der Waals surface area contributed by atoms with Crippen molar-refractivity contribution in [2.24, 2.45) is 0 Å². The van der Waals surface area contributed by atoms with Gasteiger partial charge in [-0.3, -0.25) is 4.90 Å². The Bertz CT molecular complexity index is 1390. The summed E-state index contributed by atoms with van der Waals surface area (Å²) in [4.78, 5) is 15.7. The van der Waals surface area contributed by atoms with E-state index in [1.54, 1.807) is 43.9 Å². The van der Waals surface area contributed by atoms with E-state index in [0.29, 0.717) is 66.1 Å². The van der Waals surface area contributed by atoms with Gasteiger partial charge in [0.1, 0.15) is 23.0 Å². The van der Waals surface area contributed by atoms with Crippen LogP contribution in [0.15, 0.2) is 24.4 Å². The number of likely N-dealkylation sites (tertiary alicyclic amines) is 1. The third-order valence-corrected chi connectivity index (χ3v) is 6.68. The second-order valence-corrected chi connectivity index (χ2v) is 9.11. The first-order valence-corrected chi connectivity index (χ1v) is 12.2. The Morgan fingerprint density at radius 2 is 2.03 bits per heavy atom. The standard InChI is InChI=1S/C24H30F3N9O/c1-14-29-19-5-4-17(30-23(19)35(14)13-20(26)27)15-6-9-36-21(15)22(28-2)32-24(33-36)31-18-7-8-34(10-11-37-3)12-16(18)25/h4-6,9,16,18,20H,7-8,10-13H2,1-3H3,(H2,28,31,32,33)/t16-,18-/m0/s1. The molecule has 0 radical (unpaired) electrons. The monoisotopic (exact) mass is 517 g/mol. The van der Waals surface area contributed by atoms with Crippen LogP contribution in [0, 0.1) is 6.92 Å². The van der Waals surface area contributed by atoms with E-state index in [1.165, 1.54) is 4.57 Å². The fourth-order valence-electron chi connectivity index (χ4n) is 4.81. The number of nitrogens with zero attached hydrogens (tertiary/aromatic N) is 7. The number of ether oxygens (including phenoxy) is 1. The molecule has 0 spiro atoms. The smallest absolute Gasteiger partial charge is 0.256 e. The van der Waals surface area contributed by atoms with Gasteiger partial charge in [0.15, 0.2) is 11.5 Å². The third-order valence-electron chi connectivity index (χ3n) is 6.68. The van der Waals surface area contributed by atoms with Gasteiger partial charge in [0, 0.05) is 45.6 Å². The van der Waals surface area contributed by atoms with E-state index in [4.69, 9.17) is 4.74 Å². The molecule has 4 aromatic rings. The molecule has 13 heteroatoms. The van der Waals surface area contributed by atoms with Gasteiger partial charge in [-0.2, -0.15) is 4.98 Å². The maximum Gasteiger partial charge on any atom is 0.256 e. The van der Waals surface area contributed by atoms with Crippen LogP contribution >= 0.6 is 0 Å². The SMILES string of the molecule is CNc1nc(N[C@H]2CCN(CCOC)C[C@@H]2F)nn2ccc(-c3ccc4nc(C)n(CC(F)F)c4n3)c12. The van der Waals surface area contributed by atoms with Crippen LogP contribution in [0.3, 0.4) is 0 Å². The second kappa shape index (κ2) is 10.5. The van der Waals surface area contributed by atoms with E-state index in [-0.39, 0.29) is 0 Å². The second-order valence-electron chi connectivity index (χ2n) is 9.11. The lowest BCUT2D eigenvalue weighted by atomic mass is 10.0. The van der Waals surface area contributed by atoms with E-state index in [9.17, 15) is 13.2 Å². The quantitative estimate of drug-likeness (QED) is 0.349. The average molecular weight is 518 g/mol. The van der Waals surface area contributed by atoms with E-state index in [1.807, 2.05) is 11.0 Å². The highest BCUT2D eigenvalue weighted by atomic mass is 19.3. The summed E-state index contributed by atoms with van der Waals surface area (Å²) in [5.41, 5.74) is 2.93. The molecule has 0 unspecified atom stereocenters. The fraction of sp³-hybridized carbons (Fsp3) is 0.500. The maximum atomic E-state index is 14.9. The number of piperidine rings is 1. The molecule has 0 saturated carbocycles. The molecular formula is C24H30F3N9O. The van der Waals surface area contributed by atoms with Crippen molar-refractivity contribution in [2.75, 3.05) is 51.0 Å². The topological polar surface area (TPSA) is 97.4 Å². The Morgan fingerprint density at radius 1 is 1.19 bits per heavy atom. The summed E-state index contributed by atoms with van der Waals surface area (Å²) >= 11 is 0. The molecule has 0 amide bonds. The van der Waals surface area contributed by atoms with Gasteiger partial charge in [0.25, 0.3) is 6.43 Å². The molecule has 4 aromatic heterocycles. The Morgan fingerprint density at radius 3 is 2.76 bits per heavy atom. The summed E-state index contributed by atoms with van der Waals surface area (Å²) in [6.07, 6.45) is -1.20. The van der Waals surface area contributed by atoms with Crippen LogP contribution in [0.2, 0.25) is 0 Å². The number of halogens is 3. The molecule has 10 nitrogen and oxygen atoms in total. The highest BCUT2D eigenvalue weighted by Gasteiger charge is 2.30. The number of hydrogen-bond donors (Lipinski definition) is 2. The Kier molecular flexibility index (Phi) is 7.15. The van der Waals surface area contributed by atoms with Crippen molar-refractivity contribution in [3.05, 3.63) is 30.2 Å². The minimum absolute atomic E-state index is 0.311. The molecule has 0 aromatic carbocycles. The van der Waals surface area contributed by atoms with Crippen molar-refractivity contribution in [3.8, 4) is 11.3 Å². The predicted molar refractivity (Wildman–Crippen MR) is 135 cm³/mol. The van der Waals surface area contributed by atoms with Crippen LogP contribution in [-0.2, 0) is 11.3 Å². The molecule has 37 heavy (non-hydrogen) atoms. The lowest BCUT2D eigenvalue weighted by Gasteiger charge is -2.34. The van der Waals surface area contributed by atoms with Crippen molar-refractivity contribution >= 4 is 28.4 Å². The summed E-state index contributed by atoms with van der Waals surface area (Å²) < 4.78 is 49.4. The Labute approximate surface area is 211 Å². The lowest BCUT2D eigenvalue weighted by Crippen LogP contribution is -2.48. The number of pyridine rings is 1. The molecule has 1 saturated heterocycles. The molecule has 1 aliphatic heterocycles. The molecule has 5 heterocycles. The highest BCUT2D eigenvalue weighted by molar-refractivity contribution is 5.89. The molecule has 198 valence electrons. The van der Waals surface area contributed by atoms with Crippen LogP contribution in [0.5, 0.6) is 0 Å². The molecule has 2 N–H and O–H groups in total. The zero-order chi connectivity index (χ0) is 26.1. The van der Waals surface area contributed by atoms with Gasteiger partial charge in [-0.25, -0.2) is 27.7 Å². The van der Waals surface area contributed by atoms with Crippen molar-refractivity contribution in [1.29, 1.82) is 0 Å². The van der Waals surface area contributed by atoms with Crippen molar-refractivity contribution < 1.29 is 17.9 Å². The summed E-state index contributed by atoms with van der Waals surface area (Å²) in [7, 11) is 3.38. The van der Waals surface area contributed by atoms with Crippen molar-refractivity contribution in [3.63, 3.8) is 0 Å². The Balaban J connectivity index is 1.44. The van der Waals surface area contributed by atoms with E-state index in [0.717, 1.165) is 12.1 Å². The number of hydrogen-bond acceptors (Lipinski definition) is 8. The molecular weight excluding hydrogens is 487 g/mol. The molecule has 5 rings (SSSR count). The van der Waals surface area contributed by atoms with Crippen LogP contribution in [0.25, 0.3) is 27.9 Å². The number of anilines is 2. The van der Waals surface area contributed by atoms with E-state index >= 15 is 0 Å². The van der Waals surface area contributed by atoms with Crippen LogP contribution in [-0.4, -0.2) is 93.1 Å². The minimum atomic E-state index is -2.52. The van der Waals surface area contributed by atoms with Crippen molar-refractivity contribution in [2.45, 2.75) is 38.5 Å². The lowest BCUT2D eigenvalue weighted by molar-refractivity contribution is 0.0918. The summed E-state index contributed by atoms with van der Waals surface area (Å²) in [6.45, 7) is 3.56. The van der Waals surface area contributed by atoms with E-state index in [2.05, 4.69) is 30.7 Å². The van der Waals surface area contributed by atoms with Gasteiger partial charge in [0.05, 0.1) is 24.9 Å². The molecule has 1 fully saturated rings. The first-order valence-electron chi connectivity index (χ1n) is 12.2. The van der Waals surface area contributed by atoms with Gasteiger partial charge >= 0.3 is 0 Å². The number of aromatic nitrogens is 6. The third kappa shape index (κ3) is 5.05. The van der Waals surface area contributed by atoms with Gasteiger partial charge in [-0.15, -0.1) is 5.10 Å². The number of nitrogens with one attached hydrogen (secondary N) is 2. The Hall–Kier alpha value is -3.45. The van der Waals surface area contributed by atoms with Crippen LogP contribution in [0.4, 0.5) is 24.9 Å². The molecule has 2 atom stereocenters. The first kappa shape index (κ1) is 25.2. The predicted octanol–water partition coefficient (Wildman–Crippen LogP) is 3.23. The zero-order valence-electron chi connectivity index (χ0n) is 21.0. The fourth-order valence-corrected chi connectivity index (χ4v) is 4.81. The molecule has 0 aliphatic carbocycles. The van der Waals surface area contributed by atoms with Gasteiger partial charge in [-0.1, -0.05) is 0 Å². The molecule has 1 aliphatic rings. The molecule has 0 bridgehead atoms. The summed E-state index contributed by atoms with van der Waals surface area (Å²) in [5.74, 6) is 1.32. The number of rotatable bonds is 9. The summed E-state index contributed by atoms with van der Waals surface area (Å²) in [6, 6.07) is 5.01. The average Bonchev–Trinajstić information content (AvgIpc) is 3.44. The number of aryl methyl sites for hydroxylation is 1. The van der Waals surface area contributed by atoms with Gasteiger partial charge < -0.3 is 19.9 Å².